The zero-order valence-corrected chi connectivity index (χ0v) is 10.7. The number of hydrogen-bond acceptors (Lipinski definition) is 4. The van der Waals surface area contributed by atoms with Gasteiger partial charge in [-0.05, 0) is 28.5 Å². The minimum absolute atomic E-state index is 0.189. The van der Waals surface area contributed by atoms with Gasteiger partial charge in [-0.3, -0.25) is 0 Å². The van der Waals surface area contributed by atoms with Crippen LogP contribution in [0.1, 0.15) is 17.2 Å². The Hall–Kier alpha value is -1.52. The Morgan fingerprint density at radius 1 is 1.18 bits per heavy atom. The third-order valence-corrected chi connectivity index (χ3v) is 3.37. The van der Waals surface area contributed by atoms with Crippen molar-refractivity contribution in [2.75, 3.05) is 14.2 Å². The number of thiophene rings is 1. The highest BCUT2D eigenvalue weighted by atomic mass is 32.1. The first-order valence-corrected chi connectivity index (χ1v) is 6.20. The van der Waals surface area contributed by atoms with Gasteiger partial charge in [0.15, 0.2) is 11.5 Å². The molecule has 0 saturated carbocycles. The van der Waals surface area contributed by atoms with E-state index >= 15 is 0 Å². The second kappa shape index (κ2) is 5.21. The quantitative estimate of drug-likeness (QED) is 0.906. The Morgan fingerprint density at radius 3 is 2.59 bits per heavy atom. The fourth-order valence-electron chi connectivity index (χ4n) is 1.79. The molecule has 0 fully saturated rings. The summed E-state index contributed by atoms with van der Waals surface area (Å²) >= 11 is 1.63. The van der Waals surface area contributed by atoms with Crippen molar-refractivity contribution < 1.29 is 9.47 Å². The van der Waals surface area contributed by atoms with Crippen LogP contribution >= 0.6 is 11.3 Å². The molecule has 1 aromatic heterocycles. The van der Waals surface area contributed by atoms with E-state index in [1.54, 1.807) is 25.6 Å². The molecule has 17 heavy (non-hydrogen) atoms. The lowest BCUT2D eigenvalue weighted by Crippen LogP contribution is -2.12. The van der Waals surface area contributed by atoms with Crippen LogP contribution in [0.3, 0.4) is 0 Å². The third kappa shape index (κ3) is 2.28. The summed E-state index contributed by atoms with van der Waals surface area (Å²) in [4.78, 5) is 0. The van der Waals surface area contributed by atoms with Crippen molar-refractivity contribution in [3.8, 4) is 11.5 Å². The van der Waals surface area contributed by atoms with E-state index < -0.39 is 0 Å². The highest BCUT2D eigenvalue weighted by Gasteiger charge is 2.17. The molecule has 0 saturated heterocycles. The van der Waals surface area contributed by atoms with Gasteiger partial charge in [-0.15, -0.1) is 0 Å². The van der Waals surface area contributed by atoms with Crippen LogP contribution < -0.4 is 15.2 Å². The molecule has 0 aliphatic carbocycles. The predicted molar refractivity (Wildman–Crippen MR) is 69.9 cm³/mol. The summed E-state index contributed by atoms with van der Waals surface area (Å²) in [6.45, 7) is 0. The van der Waals surface area contributed by atoms with Crippen LogP contribution in [0.2, 0.25) is 0 Å². The summed E-state index contributed by atoms with van der Waals surface area (Å²) < 4.78 is 10.7. The molecule has 90 valence electrons. The predicted octanol–water partition coefficient (Wildman–Crippen LogP) is 2.81. The van der Waals surface area contributed by atoms with Crippen molar-refractivity contribution in [2.45, 2.75) is 6.04 Å². The molecule has 0 bridgehead atoms. The van der Waals surface area contributed by atoms with Gasteiger partial charge in [0.2, 0.25) is 0 Å². The lowest BCUT2D eigenvalue weighted by atomic mass is 10.0. The van der Waals surface area contributed by atoms with E-state index in [1.165, 1.54) is 0 Å². The monoisotopic (exact) mass is 249 g/mol. The first-order valence-electron chi connectivity index (χ1n) is 5.26. The number of nitrogens with two attached hydrogens (primary N) is 1. The van der Waals surface area contributed by atoms with Gasteiger partial charge in [-0.25, -0.2) is 0 Å². The second-order valence-electron chi connectivity index (χ2n) is 3.62. The van der Waals surface area contributed by atoms with Crippen molar-refractivity contribution in [3.05, 3.63) is 46.2 Å². The Morgan fingerprint density at radius 2 is 2.00 bits per heavy atom. The van der Waals surface area contributed by atoms with Crippen molar-refractivity contribution in [1.82, 2.24) is 0 Å². The first kappa shape index (κ1) is 12.0. The molecule has 1 heterocycles. The first-order chi connectivity index (χ1) is 8.27. The maximum Gasteiger partial charge on any atom is 0.165 e. The number of ether oxygens (including phenoxy) is 2. The number of rotatable bonds is 4. The van der Waals surface area contributed by atoms with E-state index in [0.29, 0.717) is 11.5 Å². The molecule has 0 spiro atoms. The Balaban J connectivity index is 2.44. The number of hydrogen-bond donors (Lipinski definition) is 1. The van der Waals surface area contributed by atoms with E-state index in [0.717, 1.165) is 11.1 Å². The van der Waals surface area contributed by atoms with E-state index in [1.807, 2.05) is 35.0 Å². The van der Waals surface area contributed by atoms with Gasteiger partial charge < -0.3 is 15.2 Å². The second-order valence-corrected chi connectivity index (χ2v) is 4.40. The minimum Gasteiger partial charge on any atom is -0.493 e. The molecule has 0 amide bonds. The smallest absolute Gasteiger partial charge is 0.165 e. The fourth-order valence-corrected chi connectivity index (χ4v) is 2.48. The van der Waals surface area contributed by atoms with Gasteiger partial charge in [-0.2, -0.15) is 11.3 Å². The average molecular weight is 249 g/mol. The average Bonchev–Trinajstić information content (AvgIpc) is 2.90. The highest BCUT2D eigenvalue weighted by molar-refractivity contribution is 7.08. The molecule has 2 N–H and O–H groups in total. The standard InChI is InChI=1S/C13H15NO2S/c1-15-11-5-3-4-10(13(11)16-2)12(14)9-6-7-17-8-9/h3-8,12H,14H2,1-2H3/t12-/m0/s1. The lowest BCUT2D eigenvalue weighted by molar-refractivity contribution is 0.350. The van der Waals surface area contributed by atoms with E-state index in [-0.39, 0.29) is 6.04 Å². The molecule has 1 atom stereocenters. The van der Waals surface area contributed by atoms with E-state index in [4.69, 9.17) is 15.2 Å². The summed E-state index contributed by atoms with van der Waals surface area (Å²) in [7, 11) is 3.25. The summed E-state index contributed by atoms with van der Waals surface area (Å²) in [6, 6.07) is 7.58. The van der Waals surface area contributed by atoms with Gasteiger partial charge in [0.25, 0.3) is 0 Å². The van der Waals surface area contributed by atoms with E-state index in [2.05, 4.69) is 0 Å². The van der Waals surface area contributed by atoms with Crippen LogP contribution in [-0.2, 0) is 0 Å². The molecule has 2 rings (SSSR count). The Bertz CT molecular complexity index is 482. The van der Waals surface area contributed by atoms with Crippen LogP contribution in [0.15, 0.2) is 35.0 Å². The lowest BCUT2D eigenvalue weighted by Gasteiger charge is -2.17. The molecule has 0 unspecified atom stereocenters. The zero-order valence-electron chi connectivity index (χ0n) is 9.84. The summed E-state index contributed by atoms with van der Waals surface area (Å²) in [5.74, 6) is 1.41. The number of benzene rings is 1. The number of para-hydroxylation sites is 1. The van der Waals surface area contributed by atoms with Crippen molar-refractivity contribution in [2.24, 2.45) is 5.73 Å². The minimum atomic E-state index is -0.189. The third-order valence-electron chi connectivity index (χ3n) is 2.67. The van der Waals surface area contributed by atoms with Crippen LogP contribution in [0.25, 0.3) is 0 Å². The van der Waals surface area contributed by atoms with Gasteiger partial charge in [0.05, 0.1) is 20.3 Å². The van der Waals surface area contributed by atoms with Crippen molar-refractivity contribution in [1.29, 1.82) is 0 Å². The Kier molecular flexibility index (Phi) is 3.66. The summed E-state index contributed by atoms with van der Waals surface area (Å²) in [6.07, 6.45) is 0. The maximum atomic E-state index is 6.23. The molecular formula is C13H15NO2S. The molecule has 0 aliphatic heterocycles. The molecular weight excluding hydrogens is 234 g/mol. The molecule has 2 aromatic rings. The van der Waals surface area contributed by atoms with Crippen LogP contribution in [0.4, 0.5) is 0 Å². The zero-order chi connectivity index (χ0) is 12.3. The van der Waals surface area contributed by atoms with Crippen molar-refractivity contribution in [3.63, 3.8) is 0 Å². The van der Waals surface area contributed by atoms with Gasteiger partial charge in [0.1, 0.15) is 0 Å². The molecule has 3 nitrogen and oxygen atoms in total. The normalized spacial score (nSPS) is 12.2. The van der Waals surface area contributed by atoms with E-state index in [9.17, 15) is 0 Å². The van der Waals surface area contributed by atoms with Gasteiger partial charge in [0, 0.05) is 5.56 Å². The summed E-state index contributed by atoms with van der Waals surface area (Å²) in [5.41, 5.74) is 8.25. The summed E-state index contributed by atoms with van der Waals surface area (Å²) in [5, 5.41) is 4.06. The SMILES string of the molecule is COc1cccc([C@@H](N)c2ccsc2)c1OC. The molecule has 1 aromatic carbocycles. The molecule has 0 radical (unpaired) electrons. The van der Waals surface area contributed by atoms with Gasteiger partial charge in [-0.1, -0.05) is 12.1 Å². The van der Waals surface area contributed by atoms with Crippen LogP contribution in [0, 0.1) is 0 Å². The maximum absolute atomic E-state index is 6.23. The largest absolute Gasteiger partial charge is 0.493 e. The van der Waals surface area contributed by atoms with Crippen LogP contribution in [0.5, 0.6) is 11.5 Å². The van der Waals surface area contributed by atoms with Crippen molar-refractivity contribution >= 4 is 11.3 Å². The molecule has 4 heteroatoms. The van der Waals surface area contributed by atoms with Crippen LogP contribution in [-0.4, -0.2) is 14.2 Å². The topological polar surface area (TPSA) is 44.5 Å². The number of methoxy groups -OCH3 is 2. The van der Waals surface area contributed by atoms with Gasteiger partial charge >= 0.3 is 0 Å². The Labute approximate surface area is 105 Å². The fraction of sp³-hybridized carbons (Fsp3) is 0.231. The molecule has 0 aliphatic rings. The highest BCUT2D eigenvalue weighted by Crippen LogP contribution is 2.36.